The predicted octanol–water partition coefficient (Wildman–Crippen LogP) is 5.51. The van der Waals surface area contributed by atoms with E-state index in [4.69, 9.17) is 4.74 Å². The van der Waals surface area contributed by atoms with Gasteiger partial charge in [0.25, 0.3) is 0 Å². The smallest absolute Gasteiger partial charge is 0.332 e. The van der Waals surface area contributed by atoms with Crippen LogP contribution in [0.5, 0.6) is 0 Å². The average Bonchev–Trinajstić information content (AvgIpc) is 2.58. The van der Waals surface area contributed by atoms with Crippen LogP contribution in [0.4, 0.5) is 0 Å². The zero-order valence-corrected chi connectivity index (χ0v) is 16.5. The number of carboxylic acids is 1. The Balaban J connectivity index is 3.37. The van der Waals surface area contributed by atoms with Gasteiger partial charge in [0, 0.05) is 0 Å². The van der Waals surface area contributed by atoms with Gasteiger partial charge in [-0.1, -0.05) is 57.9 Å². The second kappa shape index (κ2) is 10.6. The third-order valence-corrected chi connectivity index (χ3v) is 5.48. The lowest BCUT2D eigenvalue weighted by atomic mass is 9.61. The second-order valence-corrected chi connectivity index (χ2v) is 7.58. The number of aliphatic carboxylic acids is 1. The van der Waals surface area contributed by atoms with Crippen molar-refractivity contribution >= 4 is 11.9 Å². The van der Waals surface area contributed by atoms with Crippen molar-refractivity contribution in [1.29, 1.82) is 0 Å². The lowest BCUT2D eigenvalue weighted by Gasteiger charge is -2.42. The molecule has 1 aliphatic rings. The molecule has 0 aliphatic heterocycles. The fraction of sp³-hybridized carbons (Fsp3) is 0.810. The van der Waals surface area contributed by atoms with Gasteiger partial charge in [-0.05, 0) is 45.4 Å². The first-order valence-corrected chi connectivity index (χ1v) is 10.00. The molecule has 0 amide bonds. The molecule has 1 atom stereocenters. The van der Waals surface area contributed by atoms with Gasteiger partial charge in [-0.2, -0.15) is 0 Å². The highest BCUT2D eigenvalue weighted by Crippen LogP contribution is 2.49. The molecule has 0 aromatic heterocycles. The molecular formula is C21H36O4. The Kier molecular flexibility index (Phi) is 9.23. The van der Waals surface area contributed by atoms with Crippen molar-refractivity contribution in [3.8, 4) is 0 Å². The summed E-state index contributed by atoms with van der Waals surface area (Å²) in [6.45, 7) is 8.14. The minimum Gasteiger partial charge on any atom is -0.478 e. The number of ether oxygens (including phenoxy) is 1. The van der Waals surface area contributed by atoms with Crippen molar-refractivity contribution in [2.75, 3.05) is 6.61 Å². The molecule has 0 heterocycles. The molecular weight excluding hydrogens is 316 g/mol. The predicted molar refractivity (Wildman–Crippen MR) is 100 cm³/mol. The van der Waals surface area contributed by atoms with Gasteiger partial charge < -0.3 is 9.84 Å². The van der Waals surface area contributed by atoms with Gasteiger partial charge in [0.05, 0.1) is 12.2 Å². The number of unbranched alkanes of at least 4 members (excludes halogenated alkanes) is 2. The van der Waals surface area contributed by atoms with Crippen molar-refractivity contribution in [3.05, 3.63) is 11.1 Å². The molecule has 0 aromatic rings. The van der Waals surface area contributed by atoms with E-state index in [0.717, 1.165) is 56.9 Å². The van der Waals surface area contributed by atoms with Gasteiger partial charge in [-0.25, -0.2) is 4.79 Å². The zero-order chi connectivity index (χ0) is 18.9. The fourth-order valence-corrected chi connectivity index (χ4v) is 4.24. The van der Waals surface area contributed by atoms with Crippen LogP contribution in [0.2, 0.25) is 0 Å². The minimum absolute atomic E-state index is 0.0722. The first kappa shape index (κ1) is 21.7. The molecule has 4 heteroatoms. The molecule has 1 unspecified atom stereocenters. The molecule has 0 bridgehead atoms. The van der Waals surface area contributed by atoms with Gasteiger partial charge >= 0.3 is 11.9 Å². The molecule has 0 aromatic carbocycles. The van der Waals surface area contributed by atoms with Crippen LogP contribution in [0, 0.1) is 11.3 Å². The number of esters is 1. The van der Waals surface area contributed by atoms with E-state index < -0.39 is 11.4 Å². The number of hydrogen-bond donors (Lipinski definition) is 1. The molecule has 144 valence electrons. The monoisotopic (exact) mass is 352 g/mol. The summed E-state index contributed by atoms with van der Waals surface area (Å²) in [4.78, 5) is 25.4. The number of carbonyl (C=O) groups excluding carboxylic acids is 1. The molecule has 4 nitrogen and oxygen atoms in total. The molecule has 1 saturated carbocycles. The molecule has 0 radical (unpaired) electrons. The highest BCUT2D eigenvalue weighted by Gasteiger charge is 2.52. The van der Waals surface area contributed by atoms with Gasteiger partial charge in [0.15, 0.2) is 0 Å². The molecule has 0 saturated heterocycles. The first-order chi connectivity index (χ1) is 11.9. The third kappa shape index (κ3) is 5.32. The largest absolute Gasteiger partial charge is 0.478 e. The summed E-state index contributed by atoms with van der Waals surface area (Å²) >= 11 is 0. The van der Waals surface area contributed by atoms with Gasteiger partial charge in [-0.15, -0.1) is 0 Å². The summed E-state index contributed by atoms with van der Waals surface area (Å²) in [7, 11) is 0. The summed E-state index contributed by atoms with van der Waals surface area (Å²) in [6, 6.07) is 0. The van der Waals surface area contributed by atoms with Crippen LogP contribution in [-0.2, 0) is 14.3 Å². The average molecular weight is 353 g/mol. The Morgan fingerprint density at radius 1 is 1.04 bits per heavy atom. The summed E-state index contributed by atoms with van der Waals surface area (Å²) in [5.74, 6) is -1.20. The van der Waals surface area contributed by atoms with E-state index in [2.05, 4.69) is 13.8 Å². The summed E-state index contributed by atoms with van der Waals surface area (Å²) in [5.41, 5.74) is 0.0189. The SMILES string of the molecule is CCCCOC(=O)C(CCCC)(C(C(=O)O)=C(C)C)C1CCCCC1. The van der Waals surface area contributed by atoms with E-state index in [1.165, 1.54) is 6.42 Å². The summed E-state index contributed by atoms with van der Waals surface area (Å²) in [5, 5.41) is 9.96. The zero-order valence-electron chi connectivity index (χ0n) is 16.5. The standard InChI is InChI=1S/C21H36O4/c1-5-7-14-21(17-12-10-9-11-13-17,18(16(3)4)19(22)23)20(24)25-15-8-6-2/h17H,5-15H2,1-4H3,(H,22,23). The van der Waals surface area contributed by atoms with E-state index in [1.807, 2.05) is 13.8 Å². The topological polar surface area (TPSA) is 63.6 Å². The quantitative estimate of drug-likeness (QED) is 0.320. The number of hydrogen-bond acceptors (Lipinski definition) is 3. The molecule has 1 aliphatic carbocycles. The van der Waals surface area contributed by atoms with Crippen LogP contribution in [0.25, 0.3) is 0 Å². The van der Waals surface area contributed by atoms with Gasteiger partial charge in [-0.3, -0.25) is 4.79 Å². The molecule has 1 fully saturated rings. The van der Waals surface area contributed by atoms with Crippen LogP contribution < -0.4 is 0 Å². The molecule has 1 N–H and O–H groups in total. The molecule has 1 rings (SSSR count). The number of carbonyl (C=O) groups is 2. The highest BCUT2D eigenvalue weighted by molar-refractivity contribution is 5.98. The van der Waals surface area contributed by atoms with E-state index in [0.29, 0.717) is 13.0 Å². The van der Waals surface area contributed by atoms with Crippen LogP contribution in [0.1, 0.15) is 91.9 Å². The Bertz CT molecular complexity index is 470. The van der Waals surface area contributed by atoms with Gasteiger partial charge in [0.2, 0.25) is 0 Å². The van der Waals surface area contributed by atoms with E-state index in [1.54, 1.807) is 0 Å². The van der Waals surface area contributed by atoms with Crippen molar-refractivity contribution in [1.82, 2.24) is 0 Å². The van der Waals surface area contributed by atoms with Crippen molar-refractivity contribution in [2.45, 2.75) is 91.9 Å². The van der Waals surface area contributed by atoms with Crippen LogP contribution in [0.15, 0.2) is 11.1 Å². The Labute approximate surface area is 153 Å². The second-order valence-electron chi connectivity index (χ2n) is 7.58. The maximum absolute atomic E-state index is 13.3. The fourth-order valence-electron chi connectivity index (χ4n) is 4.24. The lowest BCUT2D eigenvalue weighted by molar-refractivity contribution is -0.161. The van der Waals surface area contributed by atoms with Gasteiger partial charge in [0.1, 0.15) is 5.41 Å². The summed E-state index contributed by atoms with van der Waals surface area (Å²) in [6.07, 6.45) is 9.25. The Morgan fingerprint density at radius 3 is 2.12 bits per heavy atom. The van der Waals surface area contributed by atoms with Crippen molar-refractivity contribution in [3.63, 3.8) is 0 Å². The number of allylic oxidation sites excluding steroid dienone is 1. The summed E-state index contributed by atoms with van der Waals surface area (Å²) < 4.78 is 5.64. The maximum Gasteiger partial charge on any atom is 0.332 e. The molecule has 25 heavy (non-hydrogen) atoms. The first-order valence-electron chi connectivity index (χ1n) is 10.00. The minimum atomic E-state index is -0.991. The van der Waals surface area contributed by atoms with Crippen molar-refractivity contribution < 1.29 is 19.4 Å². The van der Waals surface area contributed by atoms with Crippen molar-refractivity contribution in [2.24, 2.45) is 11.3 Å². The number of rotatable bonds is 10. The van der Waals surface area contributed by atoms with Crippen LogP contribution >= 0.6 is 0 Å². The molecule has 0 spiro atoms. The number of carboxylic acid groups (broad SMARTS) is 1. The lowest BCUT2D eigenvalue weighted by Crippen LogP contribution is -2.45. The third-order valence-electron chi connectivity index (χ3n) is 5.48. The Morgan fingerprint density at radius 2 is 1.64 bits per heavy atom. The van der Waals surface area contributed by atoms with E-state index in [-0.39, 0.29) is 17.5 Å². The van der Waals surface area contributed by atoms with E-state index in [9.17, 15) is 14.7 Å². The van der Waals surface area contributed by atoms with Crippen LogP contribution in [-0.4, -0.2) is 23.7 Å². The van der Waals surface area contributed by atoms with E-state index >= 15 is 0 Å². The van der Waals surface area contributed by atoms with Crippen LogP contribution in [0.3, 0.4) is 0 Å². The highest BCUT2D eigenvalue weighted by atomic mass is 16.5. The maximum atomic E-state index is 13.3. The Hall–Kier alpha value is -1.32. The normalized spacial score (nSPS) is 17.6.